The summed E-state index contributed by atoms with van der Waals surface area (Å²) >= 11 is 0. The van der Waals surface area contributed by atoms with Crippen molar-refractivity contribution in [3.05, 3.63) is 42.0 Å². The predicted molar refractivity (Wildman–Crippen MR) is 96.3 cm³/mol. The van der Waals surface area contributed by atoms with E-state index in [9.17, 15) is 18.0 Å². The maximum atomic E-state index is 13.1. The van der Waals surface area contributed by atoms with Gasteiger partial charge in [-0.1, -0.05) is 12.7 Å². The Kier molecular flexibility index (Phi) is 6.00. The van der Waals surface area contributed by atoms with Crippen molar-refractivity contribution in [2.45, 2.75) is 50.1 Å². The molecule has 1 amide bonds. The second-order valence-corrected chi connectivity index (χ2v) is 6.92. The zero-order valence-electron chi connectivity index (χ0n) is 15.7. The average Bonchev–Trinajstić information content (AvgIpc) is 3.17. The molecule has 1 aromatic rings. The standard InChI is InChI=1S/C20H24F3NO4/c1-3-9-27-15-7-6-13(20(21,22)23)11-14(15)18(25)24-16-12-17(26-4-2)19(16)8-5-10-28-19/h3,6-7,11,16-17H,1,4-5,8-10,12H2,2H3,(H,24,25)/t16-,17-,19+/m1/s1. The van der Waals surface area contributed by atoms with Crippen molar-refractivity contribution in [2.24, 2.45) is 0 Å². The van der Waals surface area contributed by atoms with Crippen LogP contribution in [0.4, 0.5) is 13.2 Å². The van der Waals surface area contributed by atoms with Gasteiger partial charge in [-0.25, -0.2) is 0 Å². The van der Waals surface area contributed by atoms with E-state index >= 15 is 0 Å². The van der Waals surface area contributed by atoms with Crippen molar-refractivity contribution in [3.8, 4) is 5.75 Å². The van der Waals surface area contributed by atoms with Crippen LogP contribution in [0.25, 0.3) is 0 Å². The molecule has 154 valence electrons. The van der Waals surface area contributed by atoms with E-state index in [2.05, 4.69) is 11.9 Å². The molecule has 3 rings (SSSR count). The van der Waals surface area contributed by atoms with Crippen molar-refractivity contribution in [1.29, 1.82) is 0 Å². The summed E-state index contributed by atoms with van der Waals surface area (Å²) in [5.74, 6) is -0.549. The first-order chi connectivity index (χ1) is 13.3. The molecule has 1 aliphatic carbocycles. The van der Waals surface area contributed by atoms with Crippen molar-refractivity contribution in [3.63, 3.8) is 0 Å². The molecule has 28 heavy (non-hydrogen) atoms. The van der Waals surface area contributed by atoms with Crippen LogP contribution in [0.1, 0.15) is 42.1 Å². The van der Waals surface area contributed by atoms with Gasteiger partial charge in [0.05, 0.1) is 23.3 Å². The van der Waals surface area contributed by atoms with Crippen LogP contribution in [0.15, 0.2) is 30.9 Å². The highest BCUT2D eigenvalue weighted by Crippen LogP contribution is 2.46. The minimum Gasteiger partial charge on any atom is -0.489 e. The Labute approximate surface area is 161 Å². The third kappa shape index (κ3) is 3.89. The summed E-state index contributed by atoms with van der Waals surface area (Å²) in [6, 6.07) is 2.55. The lowest BCUT2D eigenvalue weighted by atomic mass is 9.70. The third-order valence-electron chi connectivity index (χ3n) is 5.25. The molecule has 0 radical (unpaired) electrons. The number of ether oxygens (including phenoxy) is 3. The molecule has 0 bridgehead atoms. The summed E-state index contributed by atoms with van der Waals surface area (Å²) in [5, 5.41) is 2.83. The number of carbonyl (C=O) groups excluding carboxylic acids is 1. The Morgan fingerprint density at radius 1 is 1.46 bits per heavy atom. The van der Waals surface area contributed by atoms with Crippen LogP contribution >= 0.6 is 0 Å². The third-order valence-corrected chi connectivity index (χ3v) is 5.25. The first kappa shape index (κ1) is 20.7. The zero-order chi connectivity index (χ0) is 20.4. The Bertz CT molecular complexity index is 729. The van der Waals surface area contributed by atoms with Crippen LogP contribution in [0.2, 0.25) is 0 Å². The fraction of sp³-hybridized carbons (Fsp3) is 0.550. The molecule has 1 heterocycles. The van der Waals surface area contributed by atoms with Gasteiger partial charge in [-0.3, -0.25) is 4.79 Å². The van der Waals surface area contributed by atoms with Gasteiger partial charge in [0, 0.05) is 13.2 Å². The normalized spacial score (nSPS) is 26.7. The van der Waals surface area contributed by atoms with Crippen molar-refractivity contribution in [1.82, 2.24) is 5.32 Å². The summed E-state index contributed by atoms with van der Waals surface area (Å²) in [7, 11) is 0. The first-order valence-electron chi connectivity index (χ1n) is 9.33. The molecule has 8 heteroatoms. The summed E-state index contributed by atoms with van der Waals surface area (Å²) in [5.41, 5.74) is -1.67. The summed E-state index contributed by atoms with van der Waals surface area (Å²) in [6.45, 7) is 6.59. The van der Waals surface area contributed by atoms with E-state index in [1.165, 1.54) is 6.08 Å². The summed E-state index contributed by atoms with van der Waals surface area (Å²) < 4.78 is 56.3. The fourth-order valence-corrected chi connectivity index (χ4v) is 3.87. The fourth-order valence-electron chi connectivity index (χ4n) is 3.87. The predicted octanol–water partition coefficient (Wildman–Crippen LogP) is 3.73. The van der Waals surface area contributed by atoms with Gasteiger partial charge in [0.25, 0.3) is 5.91 Å². The van der Waals surface area contributed by atoms with Crippen molar-refractivity contribution in [2.75, 3.05) is 19.8 Å². The van der Waals surface area contributed by atoms with Crippen LogP contribution in [0, 0.1) is 0 Å². The topological polar surface area (TPSA) is 56.8 Å². The van der Waals surface area contributed by atoms with E-state index in [-0.39, 0.29) is 30.1 Å². The maximum Gasteiger partial charge on any atom is 0.416 e. The van der Waals surface area contributed by atoms with E-state index < -0.39 is 23.2 Å². The highest BCUT2D eigenvalue weighted by atomic mass is 19.4. The van der Waals surface area contributed by atoms with Gasteiger partial charge < -0.3 is 19.5 Å². The van der Waals surface area contributed by atoms with E-state index in [4.69, 9.17) is 14.2 Å². The van der Waals surface area contributed by atoms with Gasteiger partial charge in [0.1, 0.15) is 18.0 Å². The van der Waals surface area contributed by atoms with Gasteiger partial charge in [0.15, 0.2) is 0 Å². The minimum atomic E-state index is -4.56. The number of benzene rings is 1. The molecular weight excluding hydrogens is 375 g/mol. The van der Waals surface area contributed by atoms with Gasteiger partial charge in [-0.05, 0) is 44.4 Å². The lowest BCUT2D eigenvalue weighted by molar-refractivity contribution is -0.194. The largest absolute Gasteiger partial charge is 0.489 e. The molecule has 3 atom stereocenters. The number of alkyl halides is 3. The molecule has 0 unspecified atom stereocenters. The Balaban J connectivity index is 1.82. The molecular formula is C20H24F3NO4. The van der Waals surface area contributed by atoms with Gasteiger partial charge >= 0.3 is 6.18 Å². The van der Waals surface area contributed by atoms with Crippen LogP contribution in [-0.2, 0) is 15.7 Å². The van der Waals surface area contributed by atoms with E-state index in [0.29, 0.717) is 19.6 Å². The monoisotopic (exact) mass is 399 g/mol. The maximum absolute atomic E-state index is 13.1. The van der Waals surface area contributed by atoms with Crippen LogP contribution in [0.3, 0.4) is 0 Å². The molecule has 5 nitrogen and oxygen atoms in total. The van der Waals surface area contributed by atoms with Gasteiger partial charge in [-0.2, -0.15) is 13.2 Å². The Hall–Kier alpha value is -2.06. The molecule has 2 fully saturated rings. The molecule has 0 aromatic heterocycles. The van der Waals surface area contributed by atoms with Crippen LogP contribution in [0.5, 0.6) is 5.75 Å². The smallest absolute Gasteiger partial charge is 0.416 e. The number of halogens is 3. The molecule has 1 aromatic carbocycles. The minimum absolute atomic E-state index is 0.0764. The SMILES string of the molecule is C=CCOc1ccc(C(F)(F)F)cc1C(=O)N[C@@H]1C[C@@H](OCC)[C@]12CCCO2. The number of nitrogens with one attached hydrogen (secondary N) is 1. The summed E-state index contributed by atoms with van der Waals surface area (Å²) in [4.78, 5) is 12.8. The molecule has 1 saturated heterocycles. The van der Waals surface area contributed by atoms with Gasteiger partial charge in [0.2, 0.25) is 0 Å². The number of hydrogen-bond acceptors (Lipinski definition) is 4. The molecule has 1 aliphatic heterocycles. The molecule has 1 spiro atoms. The van der Waals surface area contributed by atoms with Crippen molar-refractivity contribution >= 4 is 5.91 Å². The van der Waals surface area contributed by atoms with E-state index in [1.807, 2.05) is 6.92 Å². The lowest BCUT2D eigenvalue weighted by Crippen LogP contribution is -2.69. The van der Waals surface area contributed by atoms with Gasteiger partial charge in [-0.15, -0.1) is 0 Å². The van der Waals surface area contributed by atoms with Crippen LogP contribution < -0.4 is 10.1 Å². The Morgan fingerprint density at radius 3 is 2.86 bits per heavy atom. The average molecular weight is 399 g/mol. The zero-order valence-corrected chi connectivity index (χ0v) is 15.7. The highest BCUT2D eigenvalue weighted by Gasteiger charge is 2.59. The Morgan fingerprint density at radius 2 is 2.25 bits per heavy atom. The molecule has 2 aliphatic rings. The second-order valence-electron chi connectivity index (χ2n) is 6.92. The van der Waals surface area contributed by atoms with E-state index in [1.54, 1.807) is 0 Å². The quantitative estimate of drug-likeness (QED) is 0.710. The number of carbonyl (C=O) groups is 1. The summed E-state index contributed by atoms with van der Waals surface area (Å²) in [6.07, 6.45) is -1.07. The number of rotatable bonds is 7. The number of amides is 1. The molecule has 1 N–H and O–H groups in total. The van der Waals surface area contributed by atoms with E-state index in [0.717, 1.165) is 31.0 Å². The second kappa shape index (κ2) is 8.13. The lowest BCUT2D eigenvalue weighted by Gasteiger charge is -2.52. The highest BCUT2D eigenvalue weighted by molar-refractivity contribution is 5.97. The first-order valence-corrected chi connectivity index (χ1v) is 9.33. The van der Waals surface area contributed by atoms with Crippen molar-refractivity contribution < 1.29 is 32.2 Å². The van der Waals surface area contributed by atoms with Crippen LogP contribution in [-0.4, -0.2) is 43.5 Å². The number of hydrogen-bond donors (Lipinski definition) is 1. The molecule has 1 saturated carbocycles.